The maximum absolute atomic E-state index is 12.2. The normalized spacial score (nSPS) is 30.2. The molecule has 3 aliphatic heterocycles. The summed E-state index contributed by atoms with van der Waals surface area (Å²) in [6.45, 7) is 2.70. The molecule has 3 aliphatic rings. The Kier molecular flexibility index (Phi) is 4.68. The fourth-order valence-corrected chi connectivity index (χ4v) is 3.30. The van der Waals surface area contributed by atoms with E-state index in [0.29, 0.717) is 18.5 Å². The summed E-state index contributed by atoms with van der Waals surface area (Å²) in [6.07, 6.45) is 4.99. The predicted molar refractivity (Wildman–Crippen MR) is 74.2 cm³/mol. The van der Waals surface area contributed by atoms with Crippen molar-refractivity contribution in [3.8, 4) is 0 Å². The lowest BCUT2D eigenvalue weighted by Crippen LogP contribution is -2.44. The number of rotatable bonds is 2. The molecule has 0 spiro atoms. The molecule has 5 nitrogen and oxygen atoms in total. The third-order valence-corrected chi connectivity index (χ3v) is 4.37. The van der Waals surface area contributed by atoms with E-state index >= 15 is 0 Å². The molecule has 19 heavy (non-hydrogen) atoms. The number of nitrogens with zero attached hydrogens (tertiary/aromatic N) is 2. The predicted octanol–water partition coefficient (Wildman–Crippen LogP) is 0.384. The number of hydrogen-bond donors (Lipinski definition) is 1. The third-order valence-electron chi connectivity index (χ3n) is 4.37. The summed E-state index contributed by atoms with van der Waals surface area (Å²) in [6, 6.07) is 1.07. The molecule has 2 bridgehead atoms. The van der Waals surface area contributed by atoms with Crippen LogP contribution in [0.15, 0.2) is 0 Å². The number of likely N-dealkylation sites (tertiary alicyclic amines) is 2. The van der Waals surface area contributed by atoms with Crippen LogP contribution in [0.5, 0.6) is 0 Å². The molecular weight excluding hydrogens is 266 g/mol. The second-order valence-corrected chi connectivity index (χ2v) is 5.69. The highest BCUT2D eigenvalue weighted by Gasteiger charge is 2.32. The highest BCUT2D eigenvalue weighted by atomic mass is 35.5. The Bertz CT molecular complexity index is 364. The van der Waals surface area contributed by atoms with E-state index in [1.165, 1.54) is 12.8 Å². The maximum atomic E-state index is 12.2. The van der Waals surface area contributed by atoms with Gasteiger partial charge >= 0.3 is 0 Å². The molecule has 0 aromatic rings. The average Bonchev–Trinajstić information content (AvgIpc) is 2.86. The van der Waals surface area contributed by atoms with Crippen molar-refractivity contribution in [2.24, 2.45) is 0 Å². The van der Waals surface area contributed by atoms with Crippen LogP contribution in [-0.2, 0) is 9.59 Å². The zero-order valence-corrected chi connectivity index (χ0v) is 12.0. The summed E-state index contributed by atoms with van der Waals surface area (Å²) in [4.78, 5) is 27.4. The largest absolute Gasteiger partial charge is 0.340 e. The number of hydrogen-bond acceptors (Lipinski definition) is 3. The highest BCUT2D eigenvalue weighted by molar-refractivity contribution is 5.86. The van der Waals surface area contributed by atoms with Gasteiger partial charge in [0.1, 0.15) is 0 Å². The lowest BCUT2D eigenvalue weighted by atomic mass is 10.1. The Hall–Kier alpha value is -0.810. The molecule has 3 rings (SSSR count). The molecule has 0 saturated carbocycles. The quantitative estimate of drug-likeness (QED) is 0.799. The van der Waals surface area contributed by atoms with Crippen molar-refractivity contribution in [2.75, 3.05) is 26.2 Å². The molecule has 3 heterocycles. The van der Waals surface area contributed by atoms with Gasteiger partial charge in [0.05, 0.1) is 6.54 Å². The van der Waals surface area contributed by atoms with Gasteiger partial charge in [0.2, 0.25) is 11.8 Å². The zero-order valence-electron chi connectivity index (χ0n) is 11.1. The minimum atomic E-state index is 0. The van der Waals surface area contributed by atoms with Gasteiger partial charge in [-0.3, -0.25) is 9.59 Å². The van der Waals surface area contributed by atoms with E-state index in [1.54, 1.807) is 4.90 Å². The SMILES string of the molecule is Cl.O=C1CCCN1CC(=O)N1CC[C@H]2CC[C@@H](C1)N2. The van der Waals surface area contributed by atoms with E-state index in [1.807, 2.05) is 4.90 Å². The minimum Gasteiger partial charge on any atom is -0.340 e. The number of halogens is 1. The van der Waals surface area contributed by atoms with Crippen molar-refractivity contribution in [1.82, 2.24) is 15.1 Å². The number of carbonyl (C=O) groups is 2. The smallest absolute Gasteiger partial charge is 0.242 e. The van der Waals surface area contributed by atoms with Gasteiger partial charge in [0, 0.05) is 38.1 Å². The van der Waals surface area contributed by atoms with Crippen LogP contribution < -0.4 is 5.32 Å². The number of carbonyl (C=O) groups excluding carboxylic acids is 2. The van der Waals surface area contributed by atoms with Gasteiger partial charge in [-0.25, -0.2) is 0 Å². The first kappa shape index (κ1) is 14.6. The second-order valence-electron chi connectivity index (χ2n) is 5.69. The first-order chi connectivity index (χ1) is 8.72. The molecule has 0 aromatic heterocycles. The Morgan fingerprint density at radius 3 is 2.74 bits per heavy atom. The molecule has 0 aromatic carbocycles. The molecule has 2 atom stereocenters. The van der Waals surface area contributed by atoms with Crippen LogP contribution >= 0.6 is 12.4 Å². The van der Waals surface area contributed by atoms with Crippen molar-refractivity contribution in [3.63, 3.8) is 0 Å². The molecule has 0 aliphatic carbocycles. The van der Waals surface area contributed by atoms with Crippen molar-refractivity contribution >= 4 is 24.2 Å². The van der Waals surface area contributed by atoms with Gasteiger partial charge < -0.3 is 15.1 Å². The molecule has 108 valence electrons. The molecule has 0 radical (unpaired) electrons. The van der Waals surface area contributed by atoms with Crippen LogP contribution in [0.1, 0.15) is 32.1 Å². The van der Waals surface area contributed by atoms with Crippen LogP contribution in [0.2, 0.25) is 0 Å². The van der Waals surface area contributed by atoms with Gasteiger partial charge in [-0.15, -0.1) is 12.4 Å². The highest BCUT2D eigenvalue weighted by Crippen LogP contribution is 2.20. The molecule has 6 heteroatoms. The van der Waals surface area contributed by atoms with E-state index in [-0.39, 0.29) is 30.8 Å². The van der Waals surface area contributed by atoms with Gasteiger partial charge in [0.25, 0.3) is 0 Å². The number of amides is 2. The lowest BCUT2D eigenvalue weighted by Gasteiger charge is -2.26. The van der Waals surface area contributed by atoms with Gasteiger partial charge in [0.15, 0.2) is 0 Å². The van der Waals surface area contributed by atoms with Crippen LogP contribution in [-0.4, -0.2) is 59.9 Å². The number of fused-ring (bicyclic) bond motifs is 2. The first-order valence-corrected chi connectivity index (χ1v) is 7.04. The topological polar surface area (TPSA) is 52.7 Å². The Labute approximate surface area is 120 Å². The monoisotopic (exact) mass is 287 g/mol. The van der Waals surface area contributed by atoms with Crippen molar-refractivity contribution in [2.45, 2.75) is 44.2 Å². The molecule has 1 N–H and O–H groups in total. The van der Waals surface area contributed by atoms with Crippen molar-refractivity contribution in [3.05, 3.63) is 0 Å². The summed E-state index contributed by atoms with van der Waals surface area (Å²) in [5.41, 5.74) is 0. The molecule has 3 saturated heterocycles. The second kappa shape index (κ2) is 6.09. The van der Waals surface area contributed by atoms with Crippen LogP contribution in [0.3, 0.4) is 0 Å². The van der Waals surface area contributed by atoms with E-state index in [0.717, 1.165) is 32.5 Å². The van der Waals surface area contributed by atoms with E-state index in [4.69, 9.17) is 0 Å². The van der Waals surface area contributed by atoms with Gasteiger partial charge in [-0.05, 0) is 25.7 Å². The van der Waals surface area contributed by atoms with E-state index in [9.17, 15) is 9.59 Å². The maximum Gasteiger partial charge on any atom is 0.242 e. The molecule has 2 amide bonds. The minimum absolute atomic E-state index is 0. The van der Waals surface area contributed by atoms with E-state index < -0.39 is 0 Å². The summed E-state index contributed by atoms with van der Waals surface area (Å²) < 4.78 is 0. The van der Waals surface area contributed by atoms with Crippen LogP contribution in [0.4, 0.5) is 0 Å². The molecular formula is C13H22ClN3O2. The first-order valence-electron chi connectivity index (χ1n) is 7.04. The fourth-order valence-electron chi connectivity index (χ4n) is 3.30. The lowest BCUT2D eigenvalue weighted by molar-refractivity contribution is -0.138. The third kappa shape index (κ3) is 3.20. The van der Waals surface area contributed by atoms with Gasteiger partial charge in [-0.2, -0.15) is 0 Å². The number of nitrogens with one attached hydrogen (secondary N) is 1. The average molecular weight is 288 g/mol. The summed E-state index contributed by atoms with van der Waals surface area (Å²) in [7, 11) is 0. The standard InChI is InChI=1S/C13H21N3O2.ClH/c17-12-2-1-6-15(12)9-13(18)16-7-5-10-3-4-11(8-16)14-10;/h10-11,14H,1-9H2;1H/t10-,11+;/m1./s1. The van der Waals surface area contributed by atoms with Crippen molar-refractivity contribution in [1.29, 1.82) is 0 Å². The summed E-state index contributed by atoms with van der Waals surface area (Å²) >= 11 is 0. The Morgan fingerprint density at radius 1 is 1.21 bits per heavy atom. The Balaban J connectivity index is 0.00000133. The van der Waals surface area contributed by atoms with E-state index in [2.05, 4.69) is 5.32 Å². The molecule has 0 unspecified atom stereocenters. The van der Waals surface area contributed by atoms with Gasteiger partial charge in [-0.1, -0.05) is 0 Å². The zero-order chi connectivity index (χ0) is 12.5. The fraction of sp³-hybridized carbons (Fsp3) is 0.846. The van der Waals surface area contributed by atoms with Crippen LogP contribution in [0.25, 0.3) is 0 Å². The molecule has 3 fully saturated rings. The summed E-state index contributed by atoms with van der Waals surface area (Å²) in [5.74, 6) is 0.261. The van der Waals surface area contributed by atoms with Crippen LogP contribution in [0, 0.1) is 0 Å². The van der Waals surface area contributed by atoms with Crippen molar-refractivity contribution < 1.29 is 9.59 Å². The Morgan fingerprint density at radius 2 is 2.00 bits per heavy atom. The summed E-state index contributed by atoms with van der Waals surface area (Å²) in [5, 5.41) is 3.57.